The molecule has 4 nitrogen and oxygen atoms in total. The normalized spacial score (nSPS) is 15.8. The van der Waals surface area contributed by atoms with Gasteiger partial charge in [0.25, 0.3) is 0 Å². The van der Waals surface area contributed by atoms with Crippen molar-refractivity contribution >= 4 is 23.0 Å². The van der Waals surface area contributed by atoms with Crippen LogP contribution in [0.2, 0.25) is 0 Å². The smallest absolute Gasteiger partial charge is 0.335 e. The number of hydrogen-bond acceptors (Lipinski definition) is 3. The van der Waals surface area contributed by atoms with E-state index in [1.54, 1.807) is 12.1 Å². The number of rotatable bonds is 1. The van der Waals surface area contributed by atoms with Gasteiger partial charge in [0.1, 0.15) is 6.54 Å². The summed E-state index contributed by atoms with van der Waals surface area (Å²) in [5.74, 6) is 0.104. The first-order chi connectivity index (χ1) is 8.39. The molecule has 0 aliphatic carbocycles. The molecule has 0 atom stereocenters. The third kappa shape index (κ3) is 2.36. The van der Waals surface area contributed by atoms with Gasteiger partial charge in [-0.15, -0.1) is 5.75 Å². The first-order valence-electron chi connectivity index (χ1n) is 5.75. The Bertz CT molecular complexity index is 529. The topological polar surface area (TPSA) is 60.2 Å². The summed E-state index contributed by atoms with van der Waals surface area (Å²) in [4.78, 5) is 0. The fourth-order valence-electron chi connectivity index (χ4n) is 2.37. The molecule has 0 fully saturated rings. The SMILES string of the molecule is CC[N+]1=C(C)C(C)(C)c2cc([O-])ccc21.O=S=O. The third-order valence-electron chi connectivity index (χ3n) is 3.56. The van der Waals surface area contributed by atoms with Gasteiger partial charge >= 0.3 is 11.6 Å². The monoisotopic (exact) mass is 267 g/mol. The fraction of sp³-hybridized carbons (Fsp3) is 0.462. The molecule has 0 N–H and O–H groups in total. The van der Waals surface area contributed by atoms with Crippen LogP contribution in [0.25, 0.3) is 0 Å². The van der Waals surface area contributed by atoms with Gasteiger partial charge in [0.2, 0.25) is 5.69 Å². The molecule has 5 heteroatoms. The third-order valence-corrected chi connectivity index (χ3v) is 3.56. The lowest BCUT2D eigenvalue weighted by molar-refractivity contribution is -0.434. The molecule has 1 aliphatic rings. The molecule has 0 spiro atoms. The molecule has 0 saturated heterocycles. The van der Waals surface area contributed by atoms with Gasteiger partial charge in [-0.2, -0.15) is 13.0 Å². The Kier molecular flexibility index (Phi) is 4.40. The molecular weight excluding hydrogens is 250 g/mol. The molecule has 18 heavy (non-hydrogen) atoms. The average molecular weight is 267 g/mol. The summed E-state index contributed by atoms with van der Waals surface area (Å²) in [5, 5.41) is 11.4. The van der Waals surface area contributed by atoms with E-state index in [1.807, 2.05) is 6.07 Å². The highest BCUT2D eigenvalue weighted by atomic mass is 32.1. The van der Waals surface area contributed by atoms with Gasteiger partial charge in [-0.3, -0.25) is 0 Å². The van der Waals surface area contributed by atoms with Gasteiger partial charge in [-0.05, 0) is 20.8 Å². The van der Waals surface area contributed by atoms with Crippen LogP contribution in [0.5, 0.6) is 5.75 Å². The summed E-state index contributed by atoms with van der Waals surface area (Å²) in [5.41, 5.74) is 3.67. The fourth-order valence-corrected chi connectivity index (χ4v) is 2.37. The van der Waals surface area contributed by atoms with Crippen molar-refractivity contribution in [3.63, 3.8) is 0 Å². The predicted octanol–water partition coefficient (Wildman–Crippen LogP) is 1.51. The summed E-state index contributed by atoms with van der Waals surface area (Å²) in [6, 6.07) is 5.37. The molecular formula is C13H17NO3S. The zero-order valence-corrected chi connectivity index (χ0v) is 11.8. The Hall–Kier alpha value is -1.49. The quantitative estimate of drug-likeness (QED) is 0.725. The van der Waals surface area contributed by atoms with Crippen molar-refractivity contribution < 1.29 is 18.1 Å². The first-order valence-corrected chi connectivity index (χ1v) is 6.41. The Morgan fingerprint density at radius 3 is 2.39 bits per heavy atom. The number of hydrogen-bond donors (Lipinski definition) is 0. The molecule has 1 heterocycles. The van der Waals surface area contributed by atoms with Gasteiger partial charge in [0.05, 0.1) is 5.41 Å². The van der Waals surface area contributed by atoms with E-state index in [9.17, 15) is 5.11 Å². The summed E-state index contributed by atoms with van der Waals surface area (Å²) < 4.78 is 18.9. The molecule has 1 aromatic rings. The van der Waals surface area contributed by atoms with Crippen molar-refractivity contribution in [3.8, 4) is 5.75 Å². The largest absolute Gasteiger partial charge is 0.872 e. The lowest BCUT2D eigenvalue weighted by Crippen LogP contribution is -2.26. The minimum Gasteiger partial charge on any atom is -0.872 e. The molecule has 0 aromatic heterocycles. The van der Waals surface area contributed by atoms with Crippen molar-refractivity contribution in [1.29, 1.82) is 0 Å². The molecule has 0 bridgehead atoms. The zero-order valence-electron chi connectivity index (χ0n) is 11.0. The van der Waals surface area contributed by atoms with Gasteiger partial charge in [-0.25, -0.2) is 0 Å². The van der Waals surface area contributed by atoms with E-state index in [0.29, 0.717) is 0 Å². The van der Waals surface area contributed by atoms with E-state index in [2.05, 4.69) is 32.3 Å². The van der Waals surface area contributed by atoms with E-state index in [4.69, 9.17) is 8.42 Å². The number of nitrogens with zero attached hydrogens (tertiary/aromatic N) is 1. The minimum atomic E-state index is -0.750. The van der Waals surface area contributed by atoms with Crippen LogP contribution in [0.3, 0.4) is 0 Å². The van der Waals surface area contributed by atoms with E-state index < -0.39 is 11.6 Å². The summed E-state index contributed by atoms with van der Waals surface area (Å²) in [6.45, 7) is 9.60. The summed E-state index contributed by atoms with van der Waals surface area (Å²) in [7, 11) is 0. The zero-order chi connectivity index (χ0) is 13.9. The van der Waals surface area contributed by atoms with Crippen LogP contribution in [0.15, 0.2) is 18.2 Å². The van der Waals surface area contributed by atoms with Crippen molar-refractivity contribution in [3.05, 3.63) is 23.8 Å². The highest BCUT2D eigenvalue weighted by molar-refractivity contribution is 7.51. The Labute approximate surface area is 111 Å². The Balaban J connectivity index is 0.000000492. The van der Waals surface area contributed by atoms with Crippen LogP contribution in [0.4, 0.5) is 5.69 Å². The Morgan fingerprint density at radius 2 is 1.89 bits per heavy atom. The van der Waals surface area contributed by atoms with Crippen LogP contribution in [0, 0.1) is 0 Å². The molecule has 0 radical (unpaired) electrons. The van der Waals surface area contributed by atoms with Gasteiger partial charge in [0.15, 0.2) is 5.71 Å². The van der Waals surface area contributed by atoms with Gasteiger partial charge < -0.3 is 5.11 Å². The molecule has 1 aliphatic heterocycles. The minimum absolute atomic E-state index is 0.00817. The highest BCUT2D eigenvalue weighted by Crippen LogP contribution is 2.40. The van der Waals surface area contributed by atoms with Crippen LogP contribution in [0.1, 0.15) is 33.3 Å². The van der Waals surface area contributed by atoms with Crippen molar-refractivity contribution in [2.75, 3.05) is 6.54 Å². The summed E-state index contributed by atoms with van der Waals surface area (Å²) in [6.07, 6.45) is 0. The number of fused-ring (bicyclic) bond motifs is 1. The number of benzene rings is 1. The molecule has 2 rings (SSSR count). The average Bonchev–Trinajstić information content (AvgIpc) is 2.49. The lowest BCUT2D eigenvalue weighted by atomic mass is 9.82. The predicted molar refractivity (Wildman–Crippen MR) is 69.0 cm³/mol. The van der Waals surface area contributed by atoms with Crippen molar-refractivity contribution in [2.24, 2.45) is 0 Å². The van der Waals surface area contributed by atoms with Crippen LogP contribution < -0.4 is 5.11 Å². The summed E-state index contributed by atoms with van der Waals surface area (Å²) >= 11 is -0.750. The van der Waals surface area contributed by atoms with E-state index in [1.165, 1.54) is 11.4 Å². The van der Waals surface area contributed by atoms with Crippen LogP contribution in [-0.2, 0) is 17.0 Å². The second-order valence-corrected chi connectivity index (χ2v) is 4.84. The van der Waals surface area contributed by atoms with E-state index >= 15 is 0 Å². The molecule has 0 unspecified atom stereocenters. The maximum Gasteiger partial charge on any atom is 0.335 e. The van der Waals surface area contributed by atoms with Crippen molar-refractivity contribution in [1.82, 2.24) is 0 Å². The maximum atomic E-state index is 11.4. The van der Waals surface area contributed by atoms with Crippen LogP contribution >= 0.6 is 0 Å². The maximum absolute atomic E-state index is 11.4. The van der Waals surface area contributed by atoms with E-state index in [0.717, 1.165) is 12.1 Å². The van der Waals surface area contributed by atoms with Crippen molar-refractivity contribution in [2.45, 2.75) is 33.1 Å². The van der Waals surface area contributed by atoms with E-state index in [-0.39, 0.29) is 11.2 Å². The molecule has 0 amide bonds. The lowest BCUT2D eigenvalue weighted by Gasteiger charge is -2.16. The Morgan fingerprint density at radius 1 is 1.33 bits per heavy atom. The van der Waals surface area contributed by atoms with Gasteiger partial charge in [0, 0.05) is 18.6 Å². The highest BCUT2D eigenvalue weighted by Gasteiger charge is 2.41. The standard InChI is InChI=1S/C13H17NO.O2S/c1-5-14-9(2)13(3,4)11-8-10(15)6-7-12(11)14;1-3-2/h6-8H,5H2,1-4H3;. The molecule has 0 saturated carbocycles. The molecule has 98 valence electrons. The van der Waals surface area contributed by atoms with Gasteiger partial charge in [-0.1, -0.05) is 12.1 Å². The second-order valence-electron chi connectivity index (χ2n) is 4.70. The second kappa shape index (κ2) is 5.44. The first kappa shape index (κ1) is 14.6. The van der Waals surface area contributed by atoms with Crippen LogP contribution in [-0.4, -0.2) is 25.2 Å². The molecule has 1 aromatic carbocycles.